The molecule has 1 aliphatic carbocycles. The van der Waals surface area contributed by atoms with Crippen molar-refractivity contribution in [3.05, 3.63) is 137 Å². The molecular formula is C49H58N2O6Si. The molecule has 8 rings (SSSR count). The van der Waals surface area contributed by atoms with E-state index in [9.17, 15) is 14.7 Å². The smallest absolute Gasteiger partial charge is 0.261 e. The first-order valence-corrected chi connectivity index (χ1v) is 23.1. The zero-order valence-electron chi connectivity index (χ0n) is 34.4. The van der Waals surface area contributed by atoms with Crippen molar-refractivity contribution in [3.63, 3.8) is 0 Å². The standard InChI is InChI=1S/C49H58N2O6Si/c1-34(28-38-21-22-39(31-52)57-38)20-23-44-45-36(32-56-58(49(2,3)4,40-16-10-6-11-17-40)41-18-12-7-13-19-41)29-42-46(43(45)33-55-44)48(54)51(47(42)53)37-24-26-50(27-25-37)30-35-14-8-5-9-15-35/h5-19,21-22,28,37,42-44,46,52H,20,23-27,29-33H2,1-4H3/b34-28+/t42-,43+,44-,46-/m1/s1. The second kappa shape index (κ2) is 17.1. The second-order valence-corrected chi connectivity index (χ2v) is 22.1. The van der Waals surface area contributed by atoms with Gasteiger partial charge in [0.15, 0.2) is 0 Å². The van der Waals surface area contributed by atoms with Crippen molar-refractivity contribution in [3.8, 4) is 0 Å². The third kappa shape index (κ3) is 7.87. The van der Waals surface area contributed by atoms with Crippen molar-refractivity contribution in [2.75, 3.05) is 26.3 Å². The number of fused-ring (bicyclic) bond motifs is 3. The number of hydrogen-bond donors (Lipinski definition) is 1. The molecule has 3 saturated heterocycles. The molecule has 0 unspecified atom stereocenters. The summed E-state index contributed by atoms with van der Waals surface area (Å²) >= 11 is 0. The van der Waals surface area contributed by atoms with E-state index in [1.165, 1.54) is 21.5 Å². The number of carbonyl (C=O) groups is 2. The highest BCUT2D eigenvalue weighted by molar-refractivity contribution is 6.99. The maximum atomic E-state index is 14.6. The normalized spacial score (nSPS) is 23.5. The largest absolute Gasteiger partial charge is 0.459 e. The molecule has 3 fully saturated rings. The fraction of sp³-hybridized carbons (Fsp3) is 0.429. The van der Waals surface area contributed by atoms with Crippen LogP contribution in [0.3, 0.4) is 0 Å². The molecule has 8 nitrogen and oxygen atoms in total. The lowest BCUT2D eigenvalue weighted by Crippen LogP contribution is -2.66. The average molecular weight is 799 g/mol. The van der Waals surface area contributed by atoms with Gasteiger partial charge in [0, 0.05) is 31.6 Å². The lowest BCUT2D eigenvalue weighted by atomic mass is 9.69. The number of benzene rings is 3. The number of ether oxygens (including phenoxy) is 1. The van der Waals surface area contributed by atoms with Crippen LogP contribution in [0.2, 0.25) is 5.04 Å². The highest BCUT2D eigenvalue weighted by Gasteiger charge is 2.59. The fourth-order valence-corrected chi connectivity index (χ4v) is 14.9. The number of piperidine rings is 1. The van der Waals surface area contributed by atoms with Crippen molar-refractivity contribution >= 4 is 36.6 Å². The summed E-state index contributed by atoms with van der Waals surface area (Å²) in [4.78, 5) is 33.4. The molecular weight excluding hydrogens is 741 g/mol. The molecule has 9 heteroatoms. The topological polar surface area (TPSA) is 92.4 Å². The van der Waals surface area contributed by atoms with Crippen LogP contribution in [0.5, 0.6) is 0 Å². The van der Waals surface area contributed by atoms with Crippen molar-refractivity contribution in [1.82, 2.24) is 9.80 Å². The number of aliphatic hydroxyl groups is 1. The number of rotatable bonds is 13. The highest BCUT2D eigenvalue weighted by Crippen LogP contribution is 2.51. The van der Waals surface area contributed by atoms with Gasteiger partial charge >= 0.3 is 0 Å². The maximum absolute atomic E-state index is 14.6. The predicted octanol–water partition coefficient (Wildman–Crippen LogP) is 7.51. The lowest BCUT2D eigenvalue weighted by molar-refractivity contribution is -0.144. The van der Waals surface area contributed by atoms with Crippen molar-refractivity contribution in [2.45, 2.75) is 90.1 Å². The van der Waals surface area contributed by atoms with Gasteiger partial charge in [0.1, 0.15) is 18.1 Å². The summed E-state index contributed by atoms with van der Waals surface area (Å²) in [6.07, 6.45) is 5.44. The molecule has 4 atom stereocenters. The molecule has 1 aromatic heterocycles. The molecule has 58 heavy (non-hydrogen) atoms. The van der Waals surface area contributed by atoms with Gasteiger partial charge in [0.2, 0.25) is 11.8 Å². The van der Waals surface area contributed by atoms with Crippen molar-refractivity contribution < 1.29 is 28.3 Å². The van der Waals surface area contributed by atoms with Gasteiger partial charge in [0.25, 0.3) is 8.32 Å². The molecule has 0 saturated carbocycles. The molecule has 3 aliphatic heterocycles. The number of hydrogen-bond acceptors (Lipinski definition) is 7. The third-order valence-corrected chi connectivity index (χ3v) is 18.1. The summed E-state index contributed by atoms with van der Waals surface area (Å²) in [6, 6.07) is 35.5. The minimum atomic E-state index is -2.90. The first-order valence-electron chi connectivity index (χ1n) is 21.2. The highest BCUT2D eigenvalue weighted by atomic mass is 28.4. The quantitative estimate of drug-likeness (QED) is 0.0851. The van der Waals surface area contributed by atoms with Crippen LogP contribution in [-0.2, 0) is 31.9 Å². The molecule has 0 bridgehead atoms. The van der Waals surface area contributed by atoms with Crippen molar-refractivity contribution in [2.24, 2.45) is 17.8 Å². The van der Waals surface area contributed by atoms with E-state index >= 15 is 0 Å². The molecule has 0 radical (unpaired) electrons. The Bertz CT molecular complexity index is 2080. The van der Waals surface area contributed by atoms with Gasteiger partial charge in [-0.05, 0) is 89.4 Å². The number of allylic oxidation sites excluding steroid dienone is 1. The lowest BCUT2D eigenvalue weighted by Gasteiger charge is -2.44. The number of furan rings is 1. The van der Waals surface area contributed by atoms with Gasteiger partial charge < -0.3 is 18.7 Å². The van der Waals surface area contributed by atoms with Gasteiger partial charge in [-0.15, -0.1) is 0 Å². The number of imide groups is 1. The average Bonchev–Trinajstić information content (AvgIpc) is 3.94. The van der Waals surface area contributed by atoms with Gasteiger partial charge in [-0.3, -0.25) is 19.4 Å². The van der Waals surface area contributed by atoms with Crippen LogP contribution in [0.25, 0.3) is 6.08 Å². The number of carbonyl (C=O) groups excluding carboxylic acids is 2. The molecule has 2 amide bonds. The van der Waals surface area contributed by atoms with E-state index in [1.54, 1.807) is 11.0 Å². The Morgan fingerprint density at radius 2 is 1.50 bits per heavy atom. The van der Waals surface area contributed by atoms with Crippen LogP contribution in [0.1, 0.15) is 76.9 Å². The molecule has 0 spiro atoms. The van der Waals surface area contributed by atoms with Crippen LogP contribution in [0, 0.1) is 17.8 Å². The molecule has 1 N–H and O–H groups in total. The van der Waals surface area contributed by atoms with E-state index in [0.29, 0.717) is 31.2 Å². The molecule has 3 aromatic carbocycles. The Morgan fingerprint density at radius 1 is 0.862 bits per heavy atom. The summed E-state index contributed by atoms with van der Waals surface area (Å²) in [5, 5.41) is 11.7. The van der Waals surface area contributed by atoms with Crippen LogP contribution < -0.4 is 10.4 Å². The molecule has 4 aromatic rings. The van der Waals surface area contributed by atoms with E-state index < -0.39 is 20.2 Å². The molecule has 4 aliphatic rings. The Morgan fingerprint density at radius 3 is 2.10 bits per heavy atom. The minimum absolute atomic E-state index is 0.0104. The van der Waals surface area contributed by atoms with Crippen LogP contribution >= 0.6 is 0 Å². The van der Waals surface area contributed by atoms with Gasteiger partial charge in [-0.1, -0.05) is 117 Å². The minimum Gasteiger partial charge on any atom is -0.459 e. The van der Waals surface area contributed by atoms with E-state index in [0.717, 1.165) is 56.5 Å². The van der Waals surface area contributed by atoms with Crippen LogP contribution in [0.15, 0.2) is 124 Å². The first-order chi connectivity index (χ1) is 28.1. The third-order valence-electron chi connectivity index (χ3n) is 13.1. The Hall–Kier alpha value is -4.38. The SMILES string of the molecule is C/C(=C\c1ccc(CO)o1)CC[C@H]1OC[C@H]2C1=C(CO[Si](c1ccccc1)(c1ccccc1)C(C)(C)C)C[C@H]1C(=O)N(C3CCN(Cc4ccccc4)CC3)C(=O)[C@H]12. The van der Waals surface area contributed by atoms with Crippen molar-refractivity contribution in [1.29, 1.82) is 0 Å². The number of likely N-dealkylation sites (tertiary alicyclic amines) is 2. The summed E-state index contributed by atoms with van der Waals surface area (Å²) < 4.78 is 20.0. The summed E-state index contributed by atoms with van der Waals surface area (Å²) in [5.41, 5.74) is 4.73. The molecule has 304 valence electrons. The fourth-order valence-electron chi connectivity index (χ4n) is 10.4. The predicted molar refractivity (Wildman–Crippen MR) is 230 cm³/mol. The first kappa shape index (κ1) is 40.4. The van der Waals surface area contributed by atoms with E-state index in [4.69, 9.17) is 13.6 Å². The number of amides is 2. The summed E-state index contributed by atoms with van der Waals surface area (Å²) in [6.45, 7) is 12.2. The van der Waals surface area contributed by atoms with E-state index in [-0.39, 0.29) is 41.5 Å². The summed E-state index contributed by atoms with van der Waals surface area (Å²) in [7, 11) is -2.90. The zero-order chi connectivity index (χ0) is 40.4. The monoisotopic (exact) mass is 798 g/mol. The number of nitrogens with zero attached hydrogens (tertiary/aromatic N) is 2. The van der Waals surface area contributed by atoms with Gasteiger partial charge in [-0.2, -0.15) is 0 Å². The second-order valence-electron chi connectivity index (χ2n) is 17.8. The van der Waals surface area contributed by atoms with E-state index in [1.807, 2.05) is 18.2 Å². The zero-order valence-corrected chi connectivity index (χ0v) is 35.4. The Labute approximate surface area is 344 Å². The van der Waals surface area contributed by atoms with Gasteiger partial charge in [-0.25, -0.2) is 0 Å². The van der Waals surface area contributed by atoms with Gasteiger partial charge in [0.05, 0.1) is 31.2 Å². The van der Waals surface area contributed by atoms with E-state index in [2.05, 4.69) is 118 Å². The summed E-state index contributed by atoms with van der Waals surface area (Å²) in [5.74, 6) is 0.240. The maximum Gasteiger partial charge on any atom is 0.261 e. The Kier molecular flexibility index (Phi) is 11.9. The van der Waals surface area contributed by atoms with Crippen LogP contribution in [0.4, 0.5) is 0 Å². The Balaban J connectivity index is 1.09. The molecule has 4 heterocycles. The van der Waals surface area contributed by atoms with Crippen LogP contribution in [-0.4, -0.2) is 73.5 Å². The number of aliphatic hydroxyl groups excluding tert-OH is 1.